The highest BCUT2D eigenvalue weighted by molar-refractivity contribution is 6.14. The summed E-state index contributed by atoms with van der Waals surface area (Å²) in [5, 5.41) is 19.9. The fourth-order valence-electron chi connectivity index (χ4n) is 2.42. The quantitative estimate of drug-likeness (QED) is 0.376. The van der Waals surface area contributed by atoms with Crippen molar-refractivity contribution < 1.29 is 9.21 Å². The van der Waals surface area contributed by atoms with Gasteiger partial charge in [0.25, 0.3) is 5.91 Å². The molecule has 1 aromatic carbocycles. The molecule has 2 heterocycles. The molecule has 0 atom stereocenters. The van der Waals surface area contributed by atoms with Gasteiger partial charge in [0.05, 0.1) is 29.4 Å². The lowest BCUT2D eigenvalue weighted by Gasteiger charge is -2.11. The first-order valence-corrected chi connectivity index (χ1v) is 7.72. The maximum Gasteiger partial charge on any atom is 0.275 e. The SMILES string of the molecule is C#Cc1cc(C#N)cnc1C(=O)Nc1ccc(N)c(C(=N)c2ccoc2)c1. The number of benzene rings is 1. The molecule has 4 N–H and O–H groups in total. The summed E-state index contributed by atoms with van der Waals surface area (Å²) in [6, 6.07) is 9.78. The van der Waals surface area contributed by atoms with Crippen LogP contribution >= 0.6 is 0 Å². The van der Waals surface area contributed by atoms with Crippen LogP contribution in [-0.4, -0.2) is 16.6 Å². The Morgan fingerprint density at radius 3 is 2.81 bits per heavy atom. The normalized spacial score (nSPS) is 9.85. The minimum Gasteiger partial charge on any atom is -0.472 e. The van der Waals surface area contributed by atoms with E-state index in [1.165, 1.54) is 24.8 Å². The van der Waals surface area contributed by atoms with E-state index in [4.69, 9.17) is 27.2 Å². The maximum absolute atomic E-state index is 12.5. The van der Waals surface area contributed by atoms with Crippen LogP contribution < -0.4 is 11.1 Å². The van der Waals surface area contributed by atoms with Crippen LogP contribution in [-0.2, 0) is 0 Å². The zero-order chi connectivity index (χ0) is 19.4. The van der Waals surface area contributed by atoms with Gasteiger partial charge in [-0.05, 0) is 30.3 Å². The zero-order valence-corrected chi connectivity index (χ0v) is 14.0. The van der Waals surface area contributed by atoms with E-state index >= 15 is 0 Å². The first kappa shape index (κ1) is 17.5. The largest absolute Gasteiger partial charge is 0.472 e. The fraction of sp³-hybridized carbons (Fsp3) is 0. The molecule has 7 heteroatoms. The third-order valence-corrected chi connectivity index (χ3v) is 3.78. The van der Waals surface area contributed by atoms with Gasteiger partial charge in [0.15, 0.2) is 0 Å². The number of carbonyl (C=O) groups excluding carboxylic acids is 1. The van der Waals surface area contributed by atoms with Gasteiger partial charge in [0.1, 0.15) is 11.8 Å². The number of carbonyl (C=O) groups is 1. The van der Waals surface area contributed by atoms with Crippen molar-refractivity contribution in [3.05, 3.63) is 77.0 Å². The van der Waals surface area contributed by atoms with Crippen molar-refractivity contribution in [2.24, 2.45) is 0 Å². The number of amides is 1. The summed E-state index contributed by atoms with van der Waals surface area (Å²) >= 11 is 0. The lowest BCUT2D eigenvalue weighted by atomic mass is 10.0. The zero-order valence-electron chi connectivity index (χ0n) is 14.0. The lowest BCUT2D eigenvalue weighted by Crippen LogP contribution is -2.16. The van der Waals surface area contributed by atoms with Crippen molar-refractivity contribution in [1.82, 2.24) is 4.98 Å². The molecule has 0 aliphatic heterocycles. The monoisotopic (exact) mass is 355 g/mol. The minimum absolute atomic E-state index is 0.0276. The van der Waals surface area contributed by atoms with E-state index in [0.29, 0.717) is 22.5 Å². The number of aromatic nitrogens is 1. The average molecular weight is 355 g/mol. The smallest absolute Gasteiger partial charge is 0.275 e. The standard InChI is InChI=1S/C20H13N5O2/c1-2-13-7-12(9-21)10-24-19(13)20(26)25-15-3-4-17(22)16(8-15)18(23)14-5-6-27-11-14/h1,3-8,10-11,23H,22H2,(H,25,26). The van der Waals surface area contributed by atoms with Crippen molar-refractivity contribution in [3.8, 4) is 18.4 Å². The van der Waals surface area contributed by atoms with Gasteiger partial charge in [0.2, 0.25) is 0 Å². The summed E-state index contributed by atoms with van der Waals surface area (Å²) in [4.78, 5) is 16.5. The van der Waals surface area contributed by atoms with Crippen LogP contribution in [0.1, 0.15) is 32.7 Å². The number of hydrogen-bond acceptors (Lipinski definition) is 6. The third kappa shape index (κ3) is 3.53. The number of nitriles is 1. The van der Waals surface area contributed by atoms with E-state index in [0.717, 1.165) is 0 Å². The number of pyridine rings is 1. The van der Waals surface area contributed by atoms with Crippen LogP contribution in [0.15, 0.2) is 53.5 Å². The first-order chi connectivity index (χ1) is 13.0. The Bertz CT molecular complexity index is 1120. The maximum atomic E-state index is 12.5. The molecule has 7 nitrogen and oxygen atoms in total. The van der Waals surface area contributed by atoms with Crippen molar-refractivity contribution in [3.63, 3.8) is 0 Å². The van der Waals surface area contributed by atoms with Crippen molar-refractivity contribution >= 4 is 23.0 Å². The molecule has 2 aromatic heterocycles. The van der Waals surface area contributed by atoms with Gasteiger partial charge in [-0.3, -0.25) is 10.2 Å². The number of furan rings is 1. The van der Waals surface area contributed by atoms with Crippen molar-refractivity contribution in [2.75, 3.05) is 11.1 Å². The lowest BCUT2D eigenvalue weighted by molar-refractivity contribution is 0.102. The predicted octanol–water partition coefficient (Wildman–Crippen LogP) is 2.78. The number of rotatable bonds is 4. The van der Waals surface area contributed by atoms with Gasteiger partial charge in [-0.25, -0.2) is 4.98 Å². The van der Waals surface area contributed by atoms with Crippen LogP contribution in [0.4, 0.5) is 11.4 Å². The third-order valence-electron chi connectivity index (χ3n) is 3.78. The number of hydrogen-bond donors (Lipinski definition) is 3. The molecule has 1 amide bonds. The molecular weight excluding hydrogens is 342 g/mol. The Labute approximate surface area is 155 Å². The number of anilines is 2. The number of nitrogens with zero attached hydrogens (tertiary/aromatic N) is 2. The second-order valence-electron chi connectivity index (χ2n) is 5.52. The Balaban J connectivity index is 1.90. The Morgan fingerprint density at radius 1 is 1.33 bits per heavy atom. The van der Waals surface area contributed by atoms with Crippen LogP contribution in [0.3, 0.4) is 0 Å². The van der Waals surface area contributed by atoms with E-state index in [-0.39, 0.29) is 22.5 Å². The molecule has 0 radical (unpaired) electrons. The molecule has 3 rings (SSSR count). The number of nitrogens with two attached hydrogens (primary N) is 1. The molecule has 3 aromatic rings. The van der Waals surface area contributed by atoms with Crippen LogP contribution in [0.5, 0.6) is 0 Å². The number of terminal acetylenes is 1. The highest BCUT2D eigenvalue weighted by Crippen LogP contribution is 2.22. The summed E-state index contributed by atoms with van der Waals surface area (Å²) in [5.41, 5.74) is 8.46. The Morgan fingerprint density at radius 2 is 2.15 bits per heavy atom. The van der Waals surface area contributed by atoms with E-state index in [1.807, 2.05) is 6.07 Å². The number of nitrogens with one attached hydrogen (secondary N) is 2. The van der Waals surface area contributed by atoms with Crippen LogP contribution in [0, 0.1) is 29.1 Å². The molecule has 0 saturated heterocycles. The van der Waals surface area contributed by atoms with E-state index in [1.54, 1.807) is 24.3 Å². The van der Waals surface area contributed by atoms with E-state index in [9.17, 15) is 4.79 Å². The summed E-state index contributed by atoms with van der Waals surface area (Å²) in [6.07, 6.45) is 9.59. The predicted molar refractivity (Wildman–Crippen MR) is 100 cm³/mol. The summed E-state index contributed by atoms with van der Waals surface area (Å²) < 4.78 is 4.99. The van der Waals surface area contributed by atoms with Gasteiger partial charge in [-0.1, -0.05) is 5.92 Å². The highest BCUT2D eigenvalue weighted by Gasteiger charge is 2.15. The molecule has 0 fully saturated rings. The first-order valence-electron chi connectivity index (χ1n) is 7.72. The summed E-state index contributed by atoms with van der Waals surface area (Å²) in [6.45, 7) is 0. The molecule has 27 heavy (non-hydrogen) atoms. The fourth-order valence-corrected chi connectivity index (χ4v) is 2.42. The van der Waals surface area contributed by atoms with E-state index < -0.39 is 5.91 Å². The second kappa shape index (κ2) is 7.26. The van der Waals surface area contributed by atoms with Gasteiger partial charge >= 0.3 is 0 Å². The molecule has 0 saturated carbocycles. The van der Waals surface area contributed by atoms with Gasteiger partial charge < -0.3 is 15.5 Å². The molecule has 0 bridgehead atoms. The van der Waals surface area contributed by atoms with Crippen molar-refractivity contribution in [2.45, 2.75) is 0 Å². The van der Waals surface area contributed by atoms with E-state index in [2.05, 4.69) is 16.2 Å². The molecule has 0 spiro atoms. The molecular formula is C20H13N5O2. The van der Waals surface area contributed by atoms with Gasteiger partial charge in [0, 0.05) is 28.7 Å². The molecule has 130 valence electrons. The summed E-state index contributed by atoms with van der Waals surface area (Å²) in [5.74, 6) is 1.83. The van der Waals surface area contributed by atoms with Gasteiger partial charge in [-0.2, -0.15) is 5.26 Å². The molecule has 0 unspecified atom stereocenters. The van der Waals surface area contributed by atoms with Crippen LogP contribution in [0.25, 0.3) is 0 Å². The molecule has 0 aliphatic carbocycles. The second-order valence-corrected chi connectivity index (χ2v) is 5.52. The minimum atomic E-state index is -0.530. The highest BCUT2D eigenvalue weighted by atomic mass is 16.3. The number of nitrogen functional groups attached to an aromatic ring is 1. The average Bonchev–Trinajstić information content (AvgIpc) is 3.23. The topological polar surface area (TPSA) is 129 Å². The molecule has 0 aliphatic rings. The van der Waals surface area contributed by atoms with Crippen molar-refractivity contribution in [1.29, 1.82) is 10.7 Å². The Kier molecular flexibility index (Phi) is 4.69. The van der Waals surface area contributed by atoms with Gasteiger partial charge in [-0.15, -0.1) is 6.42 Å². The Hall–Kier alpha value is -4.36. The summed E-state index contributed by atoms with van der Waals surface area (Å²) in [7, 11) is 0. The van der Waals surface area contributed by atoms with Crippen LogP contribution in [0.2, 0.25) is 0 Å².